The molecule has 0 radical (unpaired) electrons. The number of hydrogen-bond acceptors (Lipinski definition) is 2. The maximum Gasteiger partial charge on any atom is 0.0924 e. The van der Waals surface area contributed by atoms with Crippen LogP contribution in [0.4, 0.5) is 0 Å². The molecule has 0 bridgehead atoms. The zero-order valence-electron chi connectivity index (χ0n) is 16.2. The maximum absolute atomic E-state index is 11.1. The number of hydrogen-bond donors (Lipinski definition) is 2. The van der Waals surface area contributed by atoms with Gasteiger partial charge in [-0.1, -0.05) is 48.0 Å². The van der Waals surface area contributed by atoms with Gasteiger partial charge in [-0.15, -0.1) is 0 Å². The zero-order chi connectivity index (χ0) is 18.8. The van der Waals surface area contributed by atoms with Gasteiger partial charge in [0.1, 0.15) is 0 Å². The van der Waals surface area contributed by atoms with Crippen LogP contribution in [0.1, 0.15) is 56.7 Å². The Morgan fingerprint density at radius 3 is 2.48 bits per heavy atom. The summed E-state index contributed by atoms with van der Waals surface area (Å²) >= 11 is 0. The van der Waals surface area contributed by atoms with Crippen LogP contribution >= 0.6 is 0 Å². The molecule has 1 aliphatic carbocycles. The van der Waals surface area contributed by atoms with Crippen molar-refractivity contribution in [3.8, 4) is 0 Å². The first-order valence-electron chi connectivity index (χ1n) is 9.97. The fourth-order valence-corrected chi connectivity index (χ4v) is 4.72. The number of aromatic amines is 1. The Morgan fingerprint density at radius 1 is 1.04 bits per heavy atom. The van der Waals surface area contributed by atoms with E-state index in [1.54, 1.807) is 6.33 Å². The Bertz CT molecular complexity index is 925. The number of rotatable bonds is 4. The second-order valence-corrected chi connectivity index (χ2v) is 8.00. The fourth-order valence-electron chi connectivity index (χ4n) is 4.72. The molecule has 3 aromatic rings. The first-order valence-corrected chi connectivity index (χ1v) is 9.97. The van der Waals surface area contributed by atoms with Gasteiger partial charge in [0, 0.05) is 5.57 Å². The molecular formula is C24H28N2O. The van der Waals surface area contributed by atoms with E-state index in [-0.39, 0.29) is 0 Å². The second-order valence-electron chi connectivity index (χ2n) is 8.00. The maximum atomic E-state index is 11.1. The first-order chi connectivity index (χ1) is 13.1. The summed E-state index contributed by atoms with van der Waals surface area (Å²) in [6.45, 7) is 4.14. The summed E-state index contributed by atoms with van der Waals surface area (Å²) in [4.78, 5) is 7.30. The van der Waals surface area contributed by atoms with E-state index in [9.17, 15) is 5.11 Å². The highest BCUT2D eigenvalue weighted by Crippen LogP contribution is 2.41. The van der Waals surface area contributed by atoms with Crippen LogP contribution in [0.15, 0.2) is 60.6 Å². The van der Waals surface area contributed by atoms with E-state index in [0.29, 0.717) is 11.8 Å². The number of allylic oxidation sites excluding steroid dienone is 1. The Hall–Kier alpha value is -2.39. The topological polar surface area (TPSA) is 48.9 Å². The van der Waals surface area contributed by atoms with Crippen molar-refractivity contribution in [1.29, 1.82) is 0 Å². The standard InChI is InChI=1S/C24H28N2O/c1-16(2)23(22-14-25-15-26-22)24(27)19-12-10-18(11-13-19)21-9-5-7-17-6-3-4-8-20(17)21/h3-9,14-15,18-19,24,27H,10-13H2,1-2H3,(H,25,26). The van der Waals surface area contributed by atoms with Crippen LogP contribution in [0.25, 0.3) is 16.3 Å². The normalized spacial score (nSPS) is 21.1. The summed E-state index contributed by atoms with van der Waals surface area (Å²) < 4.78 is 0. The first kappa shape index (κ1) is 18.0. The lowest BCUT2D eigenvalue weighted by Gasteiger charge is -2.33. The van der Waals surface area contributed by atoms with Crippen molar-refractivity contribution in [3.63, 3.8) is 0 Å². The fraction of sp³-hybridized carbons (Fsp3) is 0.375. The molecular weight excluding hydrogens is 332 g/mol. The van der Waals surface area contributed by atoms with E-state index in [0.717, 1.165) is 42.5 Å². The molecule has 4 rings (SSSR count). The Kier molecular flexibility index (Phi) is 5.13. The molecule has 0 aliphatic heterocycles. The van der Waals surface area contributed by atoms with Crippen LogP contribution in [-0.2, 0) is 0 Å². The molecule has 0 amide bonds. The highest BCUT2D eigenvalue weighted by atomic mass is 16.3. The number of nitrogens with zero attached hydrogens (tertiary/aromatic N) is 1. The highest BCUT2D eigenvalue weighted by molar-refractivity contribution is 5.86. The molecule has 2 aromatic carbocycles. The van der Waals surface area contributed by atoms with E-state index >= 15 is 0 Å². The molecule has 27 heavy (non-hydrogen) atoms. The van der Waals surface area contributed by atoms with E-state index in [2.05, 4.69) is 66.3 Å². The Balaban J connectivity index is 1.51. The predicted octanol–water partition coefficient (Wildman–Crippen LogP) is 5.69. The molecule has 0 saturated heterocycles. The lowest BCUT2D eigenvalue weighted by Crippen LogP contribution is -2.27. The summed E-state index contributed by atoms with van der Waals surface area (Å²) in [5.41, 5.74) is 4.58. The summed E-state index contributed by atoms with van der Waals surface area (Å²) in [5, 5.41) is 13.8. The van der Waals surface area contributed by atoms with Crippen molar-refractivity contribution in [3.05, 3.63) is 71.8 Å². The van der Waals surface area contributed by atoms with Crippen molar-refractivity contribution in [2.24, 2.45) is 5.92 Å². The molecule has 1 saturated carbocycles. The molecule has 1 atom stereocenters. The number of nitrogens with one attached hydrogen (secondary N) is 1. The van der Waals surface area contributed by atoms with Crippen molar-refractivity contribution in [1.82, 2.24) is 9.97 Å². The van der Waals surface area contributed by atoms with E-state index in [4.69, 9.17) is 0 Å². The second kappa shape index (κ2) is 7.69. The summed E-state index contributed by atoms with van der Waals surface area (Å²) in [6, 6.07) is 15.3. The third-order valence-corrected chi connectivity index (χ3v) is 6.10. The summed E-state index contributed by atoms with van der Waals surface area (Å²) in [5.74, 6) is 0.895. The molecule has 1 heterocycles. The lowest BCUT2D eigenvalue weighted by atomic mass is 9.74. The largest absolute Gasteiger partial charge is 0.388 e. The third kappa shape index (κ3) is 3.57. The van der Waals surface area contributed by atoms with Gasteiger partial charge in [0.2, 0.25) is 0 Å². The number of imidazole rings is 1. The molecule has 2 N–H and O–H groups in total. The van der Waals surface area contributed by atoms with Crippen LogP contribution in [-0.4, -0.2) is 21.2 Å². The number of aliphatic hydroxyl groups excluding tert-OH is 1. The summed E-state index contributed by atoms with van der Waals surface area (Å²) in [7, 11) is 0. The van der Waals surface area contributed by atoms with Crippen molar-refractivity contribution in [2.75, 3.05) is 0 Å². The quantitative estimate of drug-likeness (QED) is 0.628. The number of H-pyrrole nitrogens is 1. The van der Waals surface area contributed by atoms with Gasteiger partial charge in [0.05, 0.1) is 24.3 Å². The predicted molar refractivity (Wildman–Crippen MR) is 112 cm³/mol. The van der Waals surface area contributed by atoms with E-state index < -0.39 is 6.10 Å². The Morgan fingerprint density at radius 2 is 1.78 bits per heavy atom. The van der Waals surface area contributed by atoms with Gasteiger partial charge in [0.25, 0.3) is 0 Å². The van der Waals surface area contributed by atoms with Gasteiger partial charge in [-0.05, 0) is 67.7 Å². The SMILES string of the molecule is CC(C)=C(c1cnc[nH]1)C(O)C1CCC(c2cccc3ccccc23)CC1. The zero-order valence-corrected chi connectivity index (χ0v) is 16.2. The number of fused-ring (bicyclic) bond motifs is 1. The lowest BCUT2D eigenvalue weighted by molar-refractivity contribution is 0.127. The van der Waals surface area contributed by atoms with Crippen LogP contribution < -0.4 is 0 Å². The minimum absolute atomic E-state index is 0.310. The minimum Gasteiger partial charge on any atom is -0.388 e. The van der Waals surface area contributed by atoms with Gasteiger partial charge in [0.15, 0.2) is 0 Å². The van der Waals surface area contributed by atoms with Crippen LogP contribution in [0, 0.1) is 5.92 Å². The monoisotopic (exact) mass is 360 g/mol. The van der Waals surface area contributed by atoms with Crippen LogP contribution in [0.2, 0.25) is 0 Å². The van der Waals surface area contributed by atoms with E-state index in [1.165, 1.54) is 16.3 Å². The van der Waals surface area contributed by atoms with E-state index in [1.807, 2.05) is 6.20 Å². The van der Waals surface area contributed by atoms with Gasteiger partial charge in [-0.25, -0.2) is 4.98 Å². The van der Waals surface area contributed by atoms with Gasteiger partial charge < -0.3 is 10.1 Å². The van der Waals surface area contributed by atoms with Gasteiger partial charge in [-0.3, -0.25) is 0 Å². The Labute approximate surface area is 161 Å². The number of benzene rings is 2. The van der Waals surface area contributed by atoms with Crippen LogP contribution in [0.3, 0.4) is 0 Å². The number of aliphatic hydroxyl groups is 1. The van der Waals surface area contributed by atoms with Gasteiger partial charge in [-0.2, -0.15) is 0 Å². The van der Waals surface area contributed by atoms with Crippen molar-refractivity contribution in [2.45, 2.75) is 51.6 Å². The highest BCUT2D eigenvalue weighted by Gasteiger charge is 2.31. The molecule has 0 spiro atoms. The smallest absolute Gasteiger partial charge is 0.0924 e. The molecule has 140 valence electrons. The van der Waals surface area contributed by atoms with Crippen molar-refractivity contribution >= 4 is 16.3 Å². The summed E-state index contributed by atoms with van der Waals surface area (Å²) in [6.07, 6.45) is 7.45. The molecule has 1 aromatic heterocycles. The third-order valence-electron chi connectivity index (χ3n) is 6.10. The molecule has 1 unspecified atom stereocenters. The minimum atomic E-state index is -0.427. The van der Waals surface area contributed by atoms with Gasteiger partial charge >= 0.3 is 0 Å². The molecule has 1 aliphatic rings. The van der Waals surface area contributed by atoms with Crippen molar-refractivity contribution < 1.29 is 5.11 Å². The molecule has 3 heteroatoms. The molecule has 1 fully saturated rings. The molecule has 3 nitrogen and oxygen atoms in total. The number of aromatic nitrogens is 2. The average Bonchev–Trinajstić information content (AvgIpc) is 3.21. The average molecular weight is 361 g/mol. The van der Waals surface area contributed by atoms with Crippen LogP contribution in [0.5, 0.6) is 0 Å².